The van der Waals surface area contributed by atoms with Crippen molar-refractivity contribution in [3.8, 4) is 0 Å². The highest BCUT2D eigenvalue weighted by Crippen LogP contribution is 2.10. The maximum Gasteiger partial charge on any atom is 0.305 e. The first-order chi connectivity index (χ1) is 10.3. The number of rotatable bonds is 15. The smallest absolute Gasteiger partial charge is 0.305 e. The molecule has 0 saturated carbocycles. The van der Waals surface area contributed by atoms with E-state index in [0.717, 1.165) is 12.8 Å². The second kappa shape index (κ2) is 17.3. The van der Waals surface area contributed by atoms with Gasteiger partial charge in [-0.15, -0.1) is 0 Å². The fourth-order valence-corrected chi connectivity index (χ4v) is 2.44. The zero-order valence-electron chi connectivity index (χ0n) is 14.4. The summed E-state index contributed by atoms with van der Waals surface area (Å²) in [4.78, 5) is 10.9. The van der Waals surface area contributed by atoms with Crippen LogP contribution in [-0.4, -0.2) is 13.1 Å². The molecule has 0 saturated heterocycles. The molecular formula is C19H36O2. The van der Waals surface area contributed by atoms with Gasteiger partial charge in [0.25, 0.3) is 0 Å². The van der Waals surface area contributed by atoms with Crippen LogP contribution in [0.4, 0.5) is 0 Å². The molecule has 124 valence electrons. The minimum Gasteiger partial charge on any atom is -0.469 e. The van der Waals surface area contributed by atoms with E-state index in [0.29, 0.717) is 6.42 Å². The second-order valence-corrected chi connectivity index (χ2v) is 5.91. The highest BCUT2D eigenvalue weighted by atomic mass is 16.5. The van der Waals surface area contributed by atoms with Gasteiger partial charge >= 0.3 is 5.97 Å². The third-order valence-corrected chi connectivity index (χ3v) is 3.87. The van der Waals surface area contributed by atoms with Gasteiger partial charge in [0, 0.05) is 6.42 Å². The standard InChI is InChI=1S/C19H36O2/c1-3-4-5-6-7-8-9-10-11-12-13-14-15-16-17-18-19(20)21-2/h9-10H,3-8,11-18H2,1-2H3/b10-9+. The Kier molecular flexibility index (Phi) is 16.6. The maximum absolute atomic E-state index is 10.9. The summed E-state index contributed by atoms with van der Waals surface area (Å²) in [7, 11) is 1.46. The highest BCUT2D eigenvalue weighted by molar-refractivity contribution is 5.68. The van der Waals surface area contributed by atoms with E-state index in [-0.39, 0.29) is 5.97 Å². The van der Waals surface area contributed by atoms with Crippen LogP contribution < -0.4 is 0 Å². The monoisotopic (exact) mass is 296 g/mol. The van der Waals surface area contributed by atoms with Gasteiger partial charge in [-0.25, -0.2) is 0 Å². The van der Waals surface area contributed by atoms with E-state index in [2.05, 4.69) is 23.8 Å². The number of hydrogen-bond donors (Lipinski definition) is 0. The van der Waals surface area contributed by atoms with E-state index in [4.69, 9.17) is 0 Å². The van der Waals surface area contributed by atoms with Crippen molar-refractivity contribution < 1.29 is 9.53 Å². The van der Waals surface area contributed by atoms with Gasteiger partial charge in [0.15, 0.2) is 0 Å². The van der Waals surface area contributed by atoms with E-state index in [1.807, 2.05) is 0 Å². The van der Waals surface area contributed by atoms with Crippen LogP contribution in [-0.2, 0) is 9.53 Å². The van der Waals surface area contributed by atoms with Gasteiger partial charge in [-0.3, -0.25) is 4.79 Å². The van der Waals surface area contributed by atoms with Crippen molar-refractivity contribution in [2.24, 2.45) is 0 Å². The Morgan fingerprint density at radius 3 is 1.76 bits per heavy atom. The van der Waals surface area contributed by atoms with Crippen molar-refractivity contribution in [2.45, 2.75) is 96.8 Å². The number of carbonyl (C=O) groups is 1. The normalized spacial score (nSPS) is 11.1. The Morgan fingerprint density at radius 2 is 1.24 bits per heavy atom. The van der Waals surface area contributed by atoms with Crippen LogP contribution in [0.5, 0.6) is 0 Å². The fraction of sp³-hybridized carbons (Fsp3) is 0.842. The summed E-state index contributed by atoms with van der Waals surface area (Å²) in [5.41, 5.74) is 0. The number of unbranched alkanes of at least 4 members (excludes halogenated alkanes) is 11. The molecule has 0 bridgehead atoms. The quantitative estimate of drug-likeness (QED) is 0.204. The molecule has 0 aliphatic rings. The first-order valence-electron chi connectivity index (χ1n) is 9.03. The largest absolute Gasteiger partial charge is 0.469 e. The molecule has 0 heterocycles. The van der Waals surface area contributed by atoms with Gasteiger partial charge in [-0.2, -0.15) is 0 Å². The average Bonchev–Trinajstić information content (AvgIpc) is 2.50. The Morgan fingerprint density at radius 1 is 0.762 bits per heavy atom. The molecule has 0 aromatic rings. The third-order valence-electron chi connectivity index (χ3n) is 3.87. The highest BCUT2D eigenvalue weighted by Gasteiger charge is 1.98. The van der Waals surface area contributed by atoms with E-state index >= 15 is 0 Å². The summed E-state index contributed by atoms with van der Waals surface area (Å²) in [5.74, 6) is -0.0742. The lowest BCUT2D eigenvalue weighted by atomic mass is 10.1. The van der Waals surface area contributed by atoms with E-state index in [1.165, 1.54) is 77.7 Å². The van der Waals surface area contributed by atoms with Crippen molar-refractivity contribution in [3.63, 3.8) is 0 Å². The molecule has 0 unspecified atom stereocenters. The molecule has 0 N–H and O–H groups in total. The molecule has 0 aromatic heterocycles. The topological polar surface area (TPSA) is 26.3 Å². The number of methoxy groups -OCH3 is 1. The average molecular weight is 296 g/mol. The van der Waals surface area contributed by atoms with Crippen LogP contribution in [0, 0.1) is 0 Å². The van der Waals surface area contributed by atoms with Crippen LogP contribution in [0.25, 0.3) is 0 Å². The van der Waals surface area contributed by atoms with Crippen molar-refractivity contribution >= 4 is 5.97 Å². The molecule has 0 aromatic carbocycles. The van der Waals surface area contributed by atoms with Gasteiger partial charge in [0.1, 0.15) is 0 Å². The lowest BCUT2D eigenvalue weighted by Crippen LogP contribution is -1.99. The van der Waals surface area contributed by atoms with Crippen LogP contribution in [0.2, 0.25) is 0 Å². The molecule has 0 atom stereocenters. The lowest BCUT2D eigenvalue weighted by Gasteiger charge is -2.00. The summed E-state index contributed by atoms with van der Waals surface area (Å²) in [6.45, 7) is 2.26. The number of esters is 1. The van der Waals surface area contributed by atoms with Gasteiger partial charge < -0.3 is 4.74 Å². The van der Waals surface area contributed by atoms with Crippen molar-refractivity contribution in [1.29, 1.82) is 0 Å². The summed E-state index contributed by atoms with van der Waals surface area (Å²) < 4.78 is 4.62. The Bertz CT molecular complexity index is 246. The van der Waals surface area contributed by atoms with E-state index < -0.39 is 0 Å². The molecule has 0 amide bonds. The van der Waals surface area contributed by atoms with Crippen LogP contribution in [0.1, 0.15) is 96.8 Å². The summed E-state index contributed by atoms with van der Waals surface area (Å²) >= 11 is 0. The predicted molar refractivity (Wildman–Crippen MR) is 91.5 cm³/mol. The van der Waals surface area contributed by atoms with Crippen LogP contribution >= 0.6 is 0 Å². The summed E-state index contributed by atoms with van der Waals surface area (Å²) in [6, 6.07) is 0. The molecule has 0 spiro atoms. The minimum atomic E-state index is -0.0742. The Hall–Kier alpha value is -0.790. The first-order valence-corrected chi connectivity index (χ1v) is 9.03. The molecule has 0 fully saturated rings. The van der Waals surface area contributed by atoms with Crippen molar-refractivity contribution in [3.05, 3.63) is 12.2 Å². The molecule has 0 radical (unpaired) electrons. The molecule has 0 aliphatic carbocycles. The fourth-order valence-electron chi connectivity index (χ4n) is 2.44. The molecule has 0 aliphatic heterocycles. The van der Waals surface area contributed by atoms with E-state index in [1.54, 1.807) is 0 Å². The zero-order chi connectivity index (χ0) is 15.6. The third kappa shape index (κ3) is 17.2. The molecule has 2 heteroatoms. The minimum absolute atomic E-state index is 0.0742. The van der Waals surface area contributed by atoms with Crippen LogP contribution in [0.15, 0.2) is 12.2 Å². The van der Waals surface area contributed by atoms with Gasteiger partial charge in [0.05, 0.1) is 7.11 Å². The summed E-state index contributed by atoms with van der Waals surface area (Å²) in [6.07, 6.45) is 22.0. The van der Waals surface area contributed by atoms with Gasteiger partial charge in [0.2, 0.25) is 0 Å². The van der Waals surface area contributed by atoms with Crippen molar-refractivity contribution in [2.75, 3.05) is 7.11 Å². The van der Waals surface area contributed by atoms with Gasteiger partial charge in [-0.1, -0.05) is 70.4 Å². The molecule has 0 rings (SSSR count). The molecule has 21 heavy (non-hydrogen) atoms. The number of allylic oxidation sites excluding steroid dienone is 2. The second-order valence-electron chi connectivity index (χ2n) is 5.91. The molecular weight excluding hydrogens is 260 g/mol. The first kappa shape index (κ1) is 20.2. The van der Waals surface area contributed by atoms with Crippen LogP contribution in [0.3, 0.4) is 0 Å². The number of carbonyl (C=O) groups excluding carboxylic acids is 1. The van der Waals surface area contributed by atoms with E-state index in [9.17, 15) is 4.79 Å². The SMILES string of the molecule is CCCCCCC/C=C/CCCCCCCCC(=O)OC. The van der Waals surface area contributed by atoms with Crippen molar-refractivity contribution in [1.82, 2.24) is 0 Å². The maximum atomic E-state index is 10.9. The Labute approximate surface area is 132 Å². The number of hydrogen-bond acceptors (Lipinski definition) is 2. The summed E-state index contributed by atoms with van der Waals surface area (Å²) in [5, 5.41) is 0. The molecule has 2 nitrogen and oxygen atoms in total. The number of ether oxygens (including phenoxy) is 1. The zero-order valence-corrected chi connectivity index (χ0v) is 14.4. The Balaban J connectivity index is 3.09. The predicted octanol–water partition coefficient (Wildman–Crippen LogP) is 6.20. The van der Waals surface area contributed by atoms with Gasteiger partial charge in [-0.05, 0) is 32.1 Å². The lowest BCUT2D eigenvalue weighted by molar-refractivity contribution is -0.140.